The van der Waals surface area contributed by atoms with E-state index in [1.165, 1.54) is 0 Å². The fourth-order valence-corrected chi connectivity index (χ4v) is 6.28. The third kappa shape index (κ3) is 4.25. The highest BCUT2D eigenvalue weighted by atomic mass is 16.3. The van der Waals surface area contributed by atoms with Crippen LogP contribution in [0.1, 0.15) is 0 Å². The lowest BCUT2D eigenvalue weighted by molar-refractivity contribution is 0.673. The SMILES string of the molecule is c1cncc(-c2cc(-c3ccc(-c4nc5ccccc5c5c4ccc4c6ccccc6oc45)cc3)cc(-c3cccnc3)n2)c1. The van der Waals surface area contributed by atoms with Gasteiger partial charge in [0.15, 0.2) is 0 Å². The van der Waals surface area contributed by atoms with Crippen molar-refractivity contribution in [2.75, 3.05) is 0 Å². The standard InChI is InChI=1S/C40H24N4O/c1-3-11-34-32(10-1)38-33(18-17-31-30-9-2-4-12-37(30)45-40(31)38)39(44-34)26-15-13-25(14-16-26)29-21-35(27-7-5-19-41-23-27)43-36(22-29)28-8-6-20-42-24-28/h1-24H. The highest BCUT2D eigenvalue weighted by Crippen LogP contribution is 2.41. The second-order valence-electron chi connectivity index (χ2n) is 11.1. The lowest BCUT2D eigenvalue weighted by Gasteiger charge is -2.12. The molecular formula is C40H24N4O. The van der Waals surface area contributed by atoms with Crippen LogP contribution in [0.2, 0.25) is 0 Å². The number of nitrogens with zero attached hydrogens (tertiary/aromatic N) is 4. The normalized spacial score (nSPS) is 11.6. The molecule has 0 atom stereocenters. The van der Waals surface area contributed by atoms with Gasteiger partial charge in [0.2, 0.25) is 0 Å². The Hall–Kier alpha value is -6.20. The van der Waals surface area contributed by atoms with Crippen LogP contribution in [-0.4, -0.2) is 19.9 Å². The van der Waals surface area contributed by atoms with Crippen LogP contribution in [0, 0.1) is 0 Å². The van der Waals surface area contributed by atoms with Crippen LogP contribution in [0.15, 0.2) is 151 Å². The minimum Gasteiger partial charge on any atom is -0.455 e. The number of aromatic nitrogens is 4. The molecule has 0 bridgehead atoms. The van der Waals surface area contributed by atoms with Crippen LogP contribution in [0.5, 0.6) is 0 Å². The highest BCUT2D eigenvalue weighted by molar-refractivity contribution is 6.24. The minimum absolute atomic E-state index is 0.862. The zero-order valence-electron chi connectivity index (χ0n) is 24.1. The van der Waals surface area contributed by atoms with Crippen molar-refractivity contribution in [1.82, 2.24) is 19.9 Å². The third-order valence-corrected chi connectivity index (χ3v) is 8.44. The van der Waals surface area contributed by atoms with Crippen LogP contribution in [-0.2, 0) is 0 Å². The number of para-hydroxylation sites is 2. The summed E-state index contributed by atoms with van der Waals surface area (Å²) in [4.78, 5) is 18.8. The van der Waals surface area contributed by atoms with Gasteiger partial charge in [-0.15, -0.1) is 0 Å². The average Bonchev–Trinajstić information content (AvgIpc) is 3.51. The van der Waals surface area contributed by atoms with Crippen LogP contribution in [0.4, 0.5) is 0 Å². The average molecular weight is 577 g/mol. The largest absolute Gasteiger partial charge is 0.455 e. The van der Waals surface area contributed by atoms with Crippen molar-refractivity contribution in [3.05, 3.63) is 146 Å². The molecule has 0 radical (unpaired) electrons. The summed E-state index contributed by atoms with van der Waals surface area (Å²) in [5, 5.41) is 5.47. The molecule has 0 N–H and O–H groups in total. The van der Waals surface area contributed by atoms with Gasteiger partial charge >= 0.3 is 0 Å². The number of rotatable bonds is 4. The smallest absolute Gasteiger partial charge is 0.144 e. The van der Waals surface area contributed by atoms with E-state index in [9.17, 15) is 0 Å². The van der Waals surface area contributed by atoms with E-state index >= 15 is 0 Å². The first-order chi connectivity index (χ1) is 22.3. The molecule has 4 aromatic carbocycles. The predicted octanol–water partition coefficient (Wildman–Crippen LogP) is 10.1. The molecule has 0 aliphatic heterocycles. The number of furan rings is 1. The lowest BCUT2D eigenvalue weighted by Crippen LogP contribution is -1.93. The molecule has 5 heterocycles. The van der Waals surface area contributed by atoms with Crippen molar-refractivity contribution >= 4 is 43.6 Å². The van der Waals surface area contributed by atoms with Gasteiger partial charge < -0.3 is 4.42 Å². The van der Waals surface area contributed by atoms with E-state index < -0.39 is 0 Å². The number of benzene rings is 4. The molecule has 0 saturated heterocycles. The van der Waals surface area contributed by atoms with E-state index in [0.717, 1.165) is 88.5 Å². The number of hydrogen-bond donors (Lipinski definition) is 0. The number of fused-ring (bicyclic) bond motifs is 7. The molecule has 5 heteroatoms. The number of hydrogen-bond acceptors (Lipinski definition) is 5. The first-order valence-corrected chi connectivity index (χ1v) is 14.9. The van der Waals surface area contributed by atoms with Crippen molar-refractivity contribution in [2.45, 2.75) is 0 Å². The van der Waals surface area contributed by atoms with Gasteiger partial charge in [0.25, 0.3) is 0 Å². The molecule has 0 aliphatic carbocycles. The quantitative estimate of drug-likeness (QED) is 0.195. The summed E-state index contributed by atoms with van der Waals surface area (Å²) in [5.74, 6) is 0. The fraction of sp³-hybridized carbons (Fsp3) is 0. The van der Waals surface area contributed by atoms with Gasteiger partial charge in [0, 0.05) is 68.4 Å². The Kier molecular flexibility index (Phi) is 5.74. The van der Waals surface area contributed by atoms with Crippen LogP contribution in [0.25, 0.3) is 88.5 Å². The summed E-state index contributed by atoms with van der Waals surface area (Å²) in [6.07, 6.45) is 7.24. The Morgan fingerprint density at radius 1 is 0.444 bits per heavy atom. The summed E-state index contributed by atoms with van der Waals surface area (Å²) < 4.78 is 6.49. The Balaban J connectivity index is 1.21. The maximum atomic E-state index is 6.49. The van der Waals surface area contributed by atoms with Gasteiger partial charge in [-0.25, -0.2) is 9.97 Å². The maximum absolute atomic E-state index is 6.49. The molecular weight excluding hydrogens is 552 g/mol. The van der Waals surface area contributed by atoms with E-state index in [4.69, 9.17) is 14.4 Å². The van der Waals surface area contributed by atoms with Crippen molar-refractivity contribution < 1.29 is 4.42 Å². The van der Waals surface area contributed by atoms with Gasteiger partial charge in [0.05, 0.1) is 22.6 Å². The first kappa shape index (κ1) is 25.3. The molecule has 0 aliphatic rings. The molecule has 0 spiro atoms. The Morgan fingerprint density at radius 3 is 1.80 bits per heavy atom. The molecule has 0 unspecified atom stereocenters. The zero-order chi connectivity index (χ0) is 29.7. The van der Waals surface area contributed by atoms with Crippen molar-refractivity contribution in [3.63, 3.8) is 0 Å². The summed E-state index contributed by atoms with van der Waals surface area (Å²) in [6.45, 7) is 0. The summed E-state index contributed by atoms with van der Waals surface area (Å²) in [6, 6.07) is 41.7. The molecule has 5 aromatic heterocycles. The molecule has 210 valence electrons. The molecule has 0 fully saturated rings. The third-order valence-electron chi connectivity index (χ3n) is 8.44. The second-order valence-corrected chi connectivity index (χ2v) is 11.1. The number of pyridine rings is 4. The summed E-state index contributed by atoms with van der Waals surface area (Å²) in [5.41, 5.74) is 10.5. The molecule has 0 amide bonds. The Bertz CT molecular complexity index is 2460. The van der Waals surface area contributed by atoms with E-state index in [1.54, 1.807) is 12.4 Å². The summed E-state index contributed by atoms with van der Waals surface area (Å²) in [7, 11) is 0. The Morgan fingerprint density at radius 2 is 1.09 bits per heavy atom. The first-order valence-electron chi connectivity index (χ1n) is 14.9. The van der Waals surface area contributed by atoms with Crippen LogP contribution in [0.3, 0.4) is 0 Å². The monoisotopic (exact) mass is 576 g/mol. The zero-order valence-corrected chi connectivity index (χ0v) is 24.1. The van der Waals surface area contributed by atoms with Gasteiger partial charge in [-0.2, -0.15) is 0 Å². The van der Waals surface area contributed by atoms with E-state index in [1.807, 2.05) is 54.9 Å². The Labute approximate surface area is 258 Å². The molecule has 9 aromatic rings. The molecule has 0 saturated carbocycles. The van der Waals surface area contributed by atoms with Crippen molar-refractivity contribution in [1.29, 1.82) is 0 Å². The van der Waals surface area contributed by atoms with Crippen LogP contribution < -0.4 is 0 Å². The van der Waals surface area contributed by atoms with Gasteiger partial charge in [0.1, 0.15) is 11.2 Å². The van der Waals surface area contributed by atoms with Crippen molar-refractivity contribution in [3.8, 4) is 44.9 Å². The second kappa shape index (κ2) is 10.2. The van der Waals surface area contributed by atoms with E-state index in [2.05, 4.69) is 88.8 Å². The van der Waals surface area contributed by atoms with Gasteiger partial charge in [-0.1, -0.05) is 66.7 Å². The predicted molar refractivity (Wildman–Crippen MR) is 182 cm³/mol. The van der Waals surface area contributed by atoms with Crippen molar-refractivity contribution in [2.24, 2.45) is 0 Å². The lowest BCUT2D eigenvalue weighted by atomic mass is 9.96. The minimum atomic E-state index is 0.862. The van der Waals surface area contributed by atoms with Gasteiger partial charge in [-0.05, 0) is 65.7 Å². The fourth-order valence-electron chi connectivity index (χ4n) is 6.28. The van der Waals surface area contributed by atoms with Gasteiger partial charge in [-0.3, -0.25) is 9.97 Å². The highest BCUT2D eigenvalue weighted by Gasteiger charge is 2.17. The summed E-state index contributed by atoms with van der Waals surface area (Å²) >= 11 is 0. The maximum Gasteiger partial charge on any atom is 0.144 e. The van der Waals surface area contributed by atoms with E-state index in [-0.39, 0.29) is 0 Å². The molecule has 9 rings (SSSR count). The molecule has 45 heavy (non-hydrogen) atoms. The van der Waals surface area contributed by atoms with E-state index in [0.29, 0.717) is 0 Å². The molecule has 5 nitrogen and oxygen atoms in total. The van der Waals surface area contributed by atoms with Crippen LogP contribution >= 0.6 is 0 Å². The topological polar surface area (TPSA) is 64.7 Å².